The van der Waals surface area contributed by atoms with Crippen LogP contribution in [0, 0.1) is 13.8 Å². The zero-order chi connectivity index (χ0) is 17.9. The number of aromatic nitrogens is 2. The second-order valence-corrected chi connectivity index (χ2v) is 6.33. The summed E-state index contributed by atoms with van der Waals surface area (Å²) in [4.78, 5) is 30.8. The Morgan fingerprint density at radius 3 is 2.38 bits per heavy atom. The molecule has 0 aromatic carbocycles. The lowest BCUT2D eigenvalue weighted by Crippen LogP contribution is -2.35. The summed E-state index contributed by atoms with van der Waals surface area (Å²) in [7, 11) is -3.27. The first-order chi connectivity index (χ1) is 11.2. The first-order valence-electron chi connectivity index (χ1n) is 6.53. The SMILES string of the molecule is COC(=O)c1cocc1S(=O)(=O)NC(=O)Nc1nc(C)cc(C)n1. The molecule has 0 atom stereocenters. The lowest BCUT2D eigenvalue weighted by atomic mass is 10.3. The average molecular weight is 354 g/mol. The molecule has 0 spiro atoms. The maximum Gasteiger partial charge on any atom is 0.342 e. The van der Waals surface area contributed by atoms with Crippen molar-refractivity contribution >= 4 is 28.0 Å². The number of esters is 1. The van der Waals surface area contributed by atoms with Gasteiger partial charge in [-0.1, -0.05) is 0 Å². The first-order valence-corrected chi connectivity index (χ1v) is 8.02. The molecule has 10 nitrogen and oxygen atoms in total. The number of ether oxygens (including phenoxy) is 1. The molecule has 2 rings (SSSR count). The average Bonchev–Trinajstić information content (AvgIpc) is 2.94. The van der Waals surface area contributed by atoms with Crippen LogP contribution in [0.1, 0.15) is 21.7 Å². The number of rotatable bonds is 4. The summed E-state index contributed by atoms with van der Waals surface area (Å²) in [6, 6.07) is 0.602. The number of hydrogen-bond acceptors (Lipinski definition) is 8. The van der Waals surface area contributed by atoms with Crippen molar-refractivity contribution in [2.75, 3.05) is 12.4 Å². The van der Waals surface area contributed by atoms with Gasteiger partial charge in [-0.2, -0.15) is 0 Å². The van der Waals surface area contributed by atoms with Gasteiger partial charge in [0.15, 0.2) is 0 Å². The number of anilines is 1. The first kappa shape index (κ1) is 17.4. The molecule has 0 unspecified atom stereocenters. The molecule has 2 amide bonds. The highest BCUT2D eigenvalue weighted by Gasteiger charge is 2.27. The smallest absolute Gasteiger partial charge is 0.342 e. The van der Waals surface area contributed by atoms with E-state index in [4.69, 9.17) is 4.42 Å². The fraction of sp³-hybridized carbons (Fsp3) is 0.231. The summed E-state index contributed by atoms with van der Waals surface area (Å²) < 4.78 is 35.3. The number of hydrogen-bond donors (Lipinski definition) is 2. The Labute approximate surface area is 137 Å². The number of carbonyl (C=O) groups excluding carboxylic acids is 2. The number of aryl methyl sites for hydroxylation is 2. The highest BCUT2D eigenvalue weighted by Crippen LogP contribution is 2.17. The topological polar surface area (TPSA) is 140 Å². The van der Waals surface area contributed by atoms with E-state index in [2.05, 4.69) is 20.0 Å². The molecule has 2 N–H and O–H groups in total. The fourth-order valence-corrected chi connectivity index (χ4v) is 2.85. The number of nitrogens with zero attached hydrogens (tertiary/aromatic N) is 2. The van der Waals surface area contributed by atoms with E-state index < -0.39 is 26.9 Å². The third-order valence-electron chi connectivity index (χ3n) is 2.76. The maximum absolute atomic E-state index is 12.2. The number of carbonyl (C=O) groups is 2. The van der Waals surface area contributed by atoms with Crippen molar-refractivity contribution in [1.29, 1.82) is 0 Å². The van der Waals surface area contributed by atoms with Gasteiger partial charge in [0.1, 0.15) is 23.0 Å². The Bertz CT molecular complexity index is 869. The van der Waals surface area contributed by atoms with Gasteiger partial charge in [-0.05, 0) is 19.9 Å². The Morgan fingerprint density at radius 1 is 1.17 bits per heavy atom. The minimum atomic E-state index is -4.35. The summed E-state index contributed by atoms with van der Waals surface area (Å²) in [5.74, 6) is -0.970. The van der Waals surface area contributed by atoms with Crippen molar-refractivity contribution in [2.45, 2.75) is 18.7 Å². The Balaban J connectivity index is 2.19. The molecule has 128 valence electrons. The number of urea groups is 1. The number of sulfonamides is 1. The molecular weight excluding hydrogens is 340 g/mol. The summed E-state index contributed by atoms with van der Waals surface area (Å²) in [6.45, 7) is 3.39. The third kappa shape index (κ3) is 3.87. The molecule has 24 heavy (non-hydrogen) atoms. The maximum atomic E-state index is 12.2. The van der Waals surface area contributed by atoms with Gasteiger partial charge in [0.25, 0.3) is 10.0 Å². The van der Waals surface area contributed by atoms with Crippen molar-refractivity contribution in [3.8, 4) is 0 Å². The van der Waals surface area contributed by atoms with Crippen LogP contribution in [0.25, 0.3) is 0 Å². The van der Waals surface area contributed by atoms with Gasteiger partial charge in [0, 0.05) is 11.4 Å². The normalized spacial score (nSPS) is 11.0. The Kier molecular flexibility index (Phi) is 4.83. The zero-order valence-corrected chi connectivity index (χ0v) is 13.8. The van der Waals surface area contributed by atoms with Crippen molar-refractivity contribution in [1.82, 2.24) is 14.7 Å². The number of furan rings is 1. The van der Waals surface area contributed by atoms with Gasteiger partial charge >= 0.3 is 12.0 Å². The van der Waals surface area contributed by atoms with Gasteiger partial charge < -0.3 is 9.15 Å². The van der Waals surface area contributed by atoms with Crippen molar-refractivity contribution in [3.63, 3.8) is 0 Å². The molecule has 0 saturated carbocycles. The van der Waals surface area contributed by atoms with E-state index in [9.17, 15) is 18.0 Å². The van der Waals surface area contributed by atoms with Crippen LogP contribution in [0.5, 0.6) is 0 Å². The van der Waals surface area contributed by atoms with Gasteiger partial charge in [0.05, 0.1) is 7.11 Å². The molecule has 0 saturated heterocycles. The van der Waals surface area contributed by atoms with E-state index in [0.717, 1.165) is 19.6 Å². The van der Waals surface area contributed by atoms with Crippen molar-refractivity contribution in [2.24, 2.45) is 0 Å². The second kappa shape index (κ2) is 6.66. The van der Waals surface area contributed by atoms with Crippen LogP contribution in [-0.2, 0) is 14.8 Å². The van der Waals surface area contributed by atoms with Crippen molar-refractivity contribution in [3.05, 3.63) is 35.5 Å². The number of nitrogens with one attached hydrogen (secondary N) is 2. The predicted octanol–water partition coefficient (Wildman–Crippen LogP) is 0.983. The summed E-state index contributed by atoms with van der Waals surface area (Å²) >= 11 is 0. The van der Waals surface area contributed by atoms with Crippen LogP contribution in [0.15, 0.2) is 27.9 Å². The monoisotopic (exact) mass is 354 g/mol. The minimum Gasteiger partial charge on any atom is -0.470 e. The van der Waals surface area contributed by atoms with E-state index in [1.807, 2.05) is 0 Å². The van der Waals surface area contributed by atoms with E-state index in [1.165, 1.54) is 0 Å². The van der Waals surface area contributed by atoms with Gasteiger partial charge in [0.2, 0.25) is 5.95 Å². The Hall–Kier alpha value is -2.95. The van der Waals surface area contributed by atoms with Crippen LogP contribution < -0.4 is 10.0 Å². The quantitative estimate of drug-likeness (QED) is 0.774. The van der Waals surface area contributed by atoms with E-state index in [-0.39, 0.29) is 11.5 Å². The molecular formula is C13H14N4O6S. The summed E-state index contributed by atoms with van der Waals surface area (Å²) in [5, 5.41) is 2.21. The highest BCUT2D eigenvalue weighted by molar-refractivity contribution is 7.90. The van der Waals surface area contributed by atoms with E-state index >= 15 is 0 Å². The molecule has 2 aromatic heterocycles. The fourth-order valence-electron chi connectivity index (χ4n) is 1.84. The molecule has 0 aliphatic heterocycles. The lowest BCUT2D eigenvalue weighted by molar-refractivity contribution is 0.0596. The van der Waals surface area contributed by atoms with E-state index in [0.29, 0.717) is 11.4 Å². The molecule has 0 bridgehead atoms. The largest absolute Gasteiger partial charge is 0.470 e. The summed E-state index contributed by atoms with van der Waals surface area (Å²) in [5.41, 5.74) is 0.868. The third-order valence-corrected chi connectivity index (χ3v) is 4.11. The molecule has 11 heteroatoms. The lowest BCUT2D eigenvalue weighted by Gasteiger charge is -2.08. The molecule has 0 fully saturated rings. The zero-order valence-electron chi connectivity index (χ0n) is 13.0. The molecule has 2 aromatic rings. The van der Waals surface area contributed by atoms with Crippen LogP contribution in [0.2, 0.25) is 0 Å². The van der Waals surface area contributed by atoms with Crippen LogP contribution in [-0.4, -0.2) is 37.5 Å². The molecule has 0 aliphatic rings. The molecule has 0 radical (unpaired) electrons. The second-order valence-electron chi connectivity index (χ2n) is 4.68. The predicted molar refractivity (Wildman–Crippen MR) is 80.9 cm³/mol. The van der Waals surface area contributed by atoms with Crippen LogP contribution >= 0.6 is 0 Å². The number of amides is 2. The van der Waals surface area contributed by atoms with Gasteiger partial charge in [-0.15, -0.1) is 0 Å². The van der Waals surface area contributed by atoms with Crippen molar-refractivity contribution < 1.29 is 27.2 Å². The molecule has 0 aliphatic carbocycles. The van der Waals surface area contributed by atoms with E-state index in [1.54, 1.807) is 24.6 Å². The van der Waals surface area contributed by atoms with Crippen LogP contribution in [0.4, 0.5) is 10.7 Å². The number of methoxy groups -OCH3 is 1. The summed E-state index contributed by atoms with van der Waals surface area (Å²) in [6.07, 6.45) is 1.72. The van der Waals surface area contributed by atoms with Gasteiger partial charge in [-0.3, -0.25) is 5.32 Å². The highest BCUT2D eigenvalue weighted by atomic mass is 32.2. The molecule has 2 heterocycles. The van der Waals surface area contributed by atoms with Crippen LogP contribution in [0.3, 0.4) is 0 Å². The Morgan fingerprint density at radius 2 is 1.79 bits per heavy atom. The standard InChI is InChI=1S/C13H14N4O6S/c1-7-4-8(2)15-12(14-7)16-13(19)17-24(20,21)10-6-23-5-9(10)11(18)22-3/h4-6H,1-3H3,(H2,14,15,16,17,19). The van der Waals surface area contributed by atoms with Gasteiger partial charge in [-0.25, -0.2) is 32.7 Å². The minimum absolute atomic E-state index is 0.0550.